The lowest BCUT2D eigenvalue weighted by Gasteiger charge is -2.29. The van der Waals surface area contributed by atoms with E-state index in [1.54, 1.807) is 0 Å². The summed E-state index contributed by atoms with van der Waals surface area (Å²) in [6, 6.07) is 2.54. The van der Waals surface area contributed by atoms with E-state index < -0.39 is 31.2 Å². The molecule has 0 radical (unpaired) electrons. The van der Waals surface area contributed by atoms with Crippen molar-refractivity contribution in [2.24, 2.45) is 0 Å². The topological polar surface area (TPSA) is 85.6 Å². The van der Waals surface area contributed by atoms with Gasteiger partial charge in [0.2, 0.25) is 0 Å². The highest BCUT2D eigenvalue weighted by atomic mass is 19.1. The fourth-order valence-electron chi connectivity index (χ4n) is 0.990. The van der Waals surface area contributed by atoms with Gasteiger partial charge in [-0.15, -0.1) is 0 Å². The molecule has 0 aromatic carbocycles. The molecule has 0 aliphatic rings. The first-order valence-electron chi connectivity index (χ1n) is 4.38. The zero-order valence-corrected chi connectivity index (χ0v) is 8.02. The Kier molecular flexibility index (Phi) is 3.96. The second-order valence-corrected chi connectivity index (χ2v) is 3.24. The number of pyridine rings is 1. The van der Waals surface area contributed by atoms with Gasteiger partial charge in [-0.25, -0.2) is 9.37 Å². The molecule has 5 nitrogen and oxygen atoms in total. The lowest BCUT2D eigenvalue weighted by atomic mass is 10.0. The molecule has 6 heteroatoms. The summed E-state index contributed by atoms with van der Waals surface area (Å²) in [5, 5.41) is 29.7. The van der Waals surface area contributed by atoms with Crippen LogP contribution in [-0.4, -0.2) is 45.7 Å². The van der Waals surface area contributed by atoms with E-state index >= 15 is 0 Å². The number of anilines is 1. The molecule has 0 bridgehead atoms. The molecule has 0 unspecified atom stereocenters. The van der Waals surface area contributed by atoms with Gasteiger partial charge in [0.05, 0.1) is 26.0 Å². The molecule has 0 aliphatic heterocycles. The van der Waals surface area contributed by atoms with Crippen molar-refractivity contribution in [2.45, 2.75) is 5.54 Å². The maximum absolute atomic E-state index is 12.5. The van der Waals surface area contributed by atoms with Crippen molar-refractivity contribution < 1.29 is 19.7 Å². The maximum atomic E-state index is 12.5. The Hall–Kier alpha value is -1.24. The second kappa shape index (κ2) is 5.01. The lowest BCUT2D eigenvalue weighted by Crippen LogP contribution is -2.49. The Morgan fingerprint density at radius 1 is 1.20 bits per heavy atom. The van der Waals surface area contributed by atoms with Gasteiger partial charge in [-0.2, -0.15) is 0 Å². The van der Waals surface area contributed by atoms with Crippen LogP contribution in [0.25, 0.3) is 0 Å². The van der Waals surface area contributed by atoms with Crippen LogP contribution in [0, 0.1) is 5.82 Å². The maximum Gasteiger partial charge on any atom is 0.141 e. The molecule has 1 aromatic rings. The third kappa shape index (κ3) is 2.85. The number of hydrogen-bond acceptors (Lipinski definition) is 5. The number of nitrogens with one attached hydrogen (secondary N) is 1. The van der Waals surface area contributed by atoms with Crippen LogP contribution in [0.15, 0.2) is 18.3 Å². The van der Waals surface area contributed by atoms with Gasteiger partial charge < -0.3 is 20.6 Å². The van der Waals surface area contributed by atoms with Crippen LogP contribution in [0.3, 0.4) is 0 Å². The first-order chi connectivity index (χ1) is 7.15. The average Bonchev–Trinajstić information content (AvgIpc) is 2.29. The van der Waals surface area contributed by atoms with E-state index in [1.165, 1.54) is 12.1 Å². The van der Waals surface area contributed by atoms with E-state index in [2.05, 4.69) is 10.3 Å². The highest BCUT2D eigenvalue weighted by Gasteiger charge is 2.27. The minimum Gasteiger partial charge on any atom is -0.394 e. The highest BCUT2D eigenvalue weighted by Crippen LogP contribution is 2.12. The van der Waals surface area contributed by atoms with Gasteiger partial charge in [0.1, 0.15) is 17.2 Å². The number of aliphatic hydroxyl groups is 3. The molecule has 84 valence electrons. The van der Waals surface area contributed by atoms with Crippen molar-refractivity contribution in [2.75, 3.05) is 25.1 Å². The smallest absolute Gasteiger partial charge is 0.141 e. The summed E-state index contributed by atoms with van der Waals surface area (Å²) < 4.78 is 12.5. The predicted molar refractivity (Wildman–Crippen MR) is 51.8 cm³/mol. The van der Waals surface area contributed by atoms with Crippen LogP contribution >= 0.6 is 0 Å². The Labute approximate surface area is 86.2 Å². The van der Waals surface area contributed by atoms with E-state index in [1.807, 2.05) is 0 Å². The fourth-order valence-corrected chi connectivity index (χ4v) is 0.990. The van der Waals surface area contributed by atoms with E-state index in [0.29, 0.717) is 0 Å². The molecule has 0 saturated heterocycles. The van der Waals surface area contributed by atoms with Crippen LogP contribution in [0.5, 0.6) is 0 Å². The number of hydrogen-bond donors (Lipinski definition) is 4. The molecule has 1 rings (SSSR count). The molecule has 0 saturated carbocycles. The summed E-state index contributed by atoms with van der Waals surface area (Å²) >= 11 is 0. The van der Waals surface area contributed by atoms with Gasteiger partial charge in [0, 0.05) is 0 Å². The highest BCUT2D eigenvalue weighted by molar-refractivity contribution is 5.37. The predicted octanol–water partition coefficient (Wildman–Crippen LogP) is -0.652. The van der Waals surface area contributed by atoms with Crippen molar-refractivity contribution in [3.63, 3.8) is 0 Å². The van der Waals surface area contributed by atoms with Gasteiger partial charge in [-0.05, 0) is 12.1 Å². The first-order valence-corrected chi connectivity index (χ1v) is 4.38. The van der Waals surface area contributed by atoms with E-state index in [4.69, 9.17) is 15.3 Å². The van der Waals surface area contributed by atoms with Crippen LogP contribution in [-0.2, 0) is 0 Å². The van der Waals surface area contributed by atoms with Crippen LogP contribution in [0.4, 0.5) is 10.2 Å². The molecule has 0 spiro atoms. The molecule has 0 amide bonds. The Morgan fingerprint density at radius 3 is 2.20 bits per heavy atom. The standard InChI is InChI=1S/C9H13FN2O3/c10-7-1-2-8(11-3-7)12-9(4-13,5-14)6-15/h1-3,13-15H,4-6H2,(H,11,12). The van der Waals surface area contributed by atoms with Crippen molar-refractivity contribution in [1.29, 1.82) is 0 Å². The minimum atomic E-state index is -1.25. The molecule has 1 aromatic heterocycles. The van der Waals surface area contributed by atoms with E-state index in [0.717, 1.165) is 6.20 Å². The number of rotatable bonds is 5. The largest absolute Gasteiger partial charge is 0.394 e. The van der Waals surface area contributed by atoms with Crippen molar-refractivity contribution in [3.8, 4) is 0 Å². The second-order valence-electron chi connectivity index (χ2n) is 3.24. The van der Waals surface area contributed by atoms with E-state index in [-0.39, 0.29) is 5.82 Å². The summed E-state index contributed by atoms with van der Waals surface area (Å²) in [7, 11) is 0. The quantitative estimate of drug-likeness (QED) is 0.525. The van der Waals surface area contributed by atoms with Crippen LogP contribution in [0.1, 0.15) is 0 Å². The summed E-state index contributed by atoms with van der Waals surface area (Å²) in [5.41, 5.74) is -1.25. The van der Waals surface area contributed by atoms with Crippen molar-refractivity contribution >= 4 is 5.82 Å². The van der Waals surface area contributed by atoms with Gasteiger partial charge in [-0.1, -0.05) is 0 Å². The SMILES string of the molecule is OCC(CO)(CO)Nc1ccc(F)cn1. The molecule has 0 fully saturated rings. The monoisotopic (exact) mass is 216 g/mol. The van der Waals surface area contributed by atoms with Crippen molar-refractivity contribution in [1.82, 2.24) is 4.98 Å². The third-order valence-electron chi connectivity index (χ3n) is 2.03. The Balaban J connectivity index is 2.78. The zero-order chi connectivity index (χ0) is 11.3. The van der Waals surface area contributed by atoms with Gasteiger partial charge >= 0.3 is 0 Å². The van der Waals surface area contributed by atoms with Gasteiger partial charge in [0.15, 0.2) is 0 Å². The Morgan fingerprint density at radius 2 is 1.80 bits per heavy atom. The average molecular weight is 216 g/mol. The third-order valence-corrected chi connectivity index (χ3v) is 2.03. The van der Waals surface area contributed by atoms with Crippen molar-refractivity contribution in [3.05, 3.63) is 24.1 Å². The molecule has 0 atom stereocenters. The number of halogens is 1. The molecule has 1 heterocycles. The molecule has 4 N–H and O–H groups in total. The fraction of sp³-hybridized carbons (Fsp3) is 0.444. The molecule has 15 heavy (non-hydrogen) atoms. The van der Waals surface area contributed by atoms with Gasteiger partial charge in [-0.3, -0.25) is 0 Å². The summed E-state index contributed by atoms with van der Waals surface area (Å²) in [4.78, 5) is 3.69. The molecular weight excluding hydrogens is 203 g/mol. The van der Waals surface area contributed by atoms with Crippen LogP contribution < -0.4 is 5.32 Å². The normalized spacial score (nSPS) is 11.5. The Bertz CT molecular complexity index is 292. The minimum absolute atomic E-state index is 0.272. The summed E-state index contributed by atoms with van der Waals surface area (Å²) in [5.74, 6) is -0.211. The summed E-state index contributed by atoms with van der Waals surface area (Å²) in [6.45, 7) is -1.38. The van der Waals surface area contributed by atoms with Crippen LogP contribution in [0.2, 0.25) is 0 Å². The number of aliphatic hydroxyl groups excluding tert-OH is 3. The van der Waals surface area contributed by atoms with Gasteiger partial charge in [0.25, 0.3) is 0 Å². The van der Waals surface area contributed by atoms with E-state index in [9.17, 15) is 4.39 Å². The number of aromatic nitrogens is 1. The lowest BCUT2D eigenvalue weighted by molar-refractivity contribution is 0.0831. The molecule has 0 aliphatic carbocycles. The molecular formula is C9H13FN2O3. The summed E-state index contributed by atoms with van der Waals surface area (Å²) in [6.07, 6.45) is 0.999. The zero-order valence-electron chi connectivity index (χ0n) is 8.02. The number of nitrogens with zero attached hydrogens (tertiary/aromatic N) is 1. The first kappa shape index (κ1) is 11.8.